The molecule has 2 aromatic carbocycles. The van der Waals surface area contributed by atoms with Crippen molar-refractivity contribution in [3.8, 4) is 0 Å². The molecule has 0 atom stereocenters. The van der Waals surface area contributed by atoms with Crippen LogP contribution in [-0.2, 0) is 12.7 Å². The van der Waals surface area contributed by atoms with Gasteiger partial charge in [-0.2, -0.15) is 13.2 Å². The number of halogens is 4. The Labute approximate surface area is 178 Å². The number of thiazole rings is 1. The lowest BCUT2D eigenvalue weighted by atomic mass is 10.1. The van der Waals surface area contributed by atoms with Crippen molar-refractivity contribution in [2.45, 2.75) is 19.1 Å². The van der Waals surface area contributed by atoms with Crippen molar-refractivity contribution in [3.05, 3.63) is 78.1 Å². The smallest absolute Gasteiger partial charge is 0.337 e. The van der Waals surface area contributed by atoms with Crippen LogP contribution in [0.4, 0.5) is 22.7 Å². The number of amides is 1. The van der Waals surface area contributed by atoms with Crippen molar-refractivity contribution in [2.24, 2.45) is 0 Å². The monoisotopic (exact) mass is 448 g/mol. The van der Waals surface area contributed by atoms with Gasteiger partial charge in [0.15, 0.2) is 5.13 Å². The van der Waals surface area contributed by atoms with Gasteiger partial charge in [0.1, 0.15) is 5.82 Å². The number of fused-ring (bicyclic) bond motifs is 1. The van der Waals surface area contributed by atoms with Crippen LogP contribution >= 0.6 is 11.3 Å². The molecule has 2 aromatic heterocycles. The minimum absolute atomic E-state index is 0.112. The highest BCUT2D eigenvalue weighted by atomic mass is 32.1. The third kappa shape index (κ3) is 4.74. The number of aromatic nitrogens is 3. The molecule has 0 saturated heterocycles. The summed E-state index contributed by atoms with van der Waals surface area (Å²) in [5.74, 6) is -0.887. The van der Waals surface area contributed by atoms with E-state index in [1.807, 2.05) is 4.57 Å². The summed E-state index contributed by atoms with van der Waals surface area (Å²) in [6, 6.07) is 8.21. The average Bonchev–Trinajstić information content (AvgIpc) is 3.39. The van der Waals surface area contributed by atoms with Crippen molar-refractivity contribution in [1.82, 2.24) is 14.5 Å². The summed E-state index contributed by atoms with van der Waals surface area (Å²) < 4.78 is 54.6. The molecule has 31 heavy (non-hydrogen) atoms. The van der Waals surface area contributed by atoms with Crippen molar-refractivity contribution in [3.63, 3.8) is 0 Å². The number of nitrogens with zero attached hydrogens (tertiary/aromatic N) is 4. The first-order valence-corrected chi connectivity index (χ1v) is 10.1. The number of rotatable bonds is 6. The van der Waals surface area contributed by atoms with Gasteiger partial charge < -0.3 is 4.57 Å². The number of anilines is 1. The summed E-state index contributed by atoms with van der Waals surface area (Å²) in [6.45, 7) is 0.872. The molecule has 1 amide bonds. The van der Waals surface area contributed by atoms with Crippen LogP contribution in [0.5, 0.6) is 0 Å². The Morgan fingerprint density at radius 3 is 2.58 bits per heavy atom. The van der Waals surface area contributed by atoms with Gasteiger partial charge >= 0.3 is 6.18 Å². The number of aryl methyl sites for hydroxylation is 1. The summed E-state index contributed by atoms with van der Waals surface area (Å²) in [5, 5.41) is 0.358. The molecule has 0 unspecified atom stereocenters. The van der Waals surface area contributed by atoms with E-state index < -0.39 is 23.5 Å². The van der Waals surface area contributed by atoms with E-state index in [4.69, 9.17) is 0 Å². The van der Waals surface area contributed by atoms with E-state index in [9.17, 15) is 22.4 Å². The van der Waals surface area contributed by atoms with E-state index in [2.05, 4.69) is 9.97 Å². The number of alkyl halides is 3. The van der Waals surface area contributed by atoms with Gasteiger partial charge in [0, 0.05) is 31.0 Å². The van der Waals surface area contributed by atoms with Crippen molar-refractivity contribution in [1.29, 1.82) is 0 Å². The van der Waals surface area contributed by atoms with Gasteiger partial charge in [-0.15, -0.1) is 0 Å². The molecule has 0 bridgehead atoms. The van der Waals surface area contributed by atoms with Crippen LogP contribution in [0, 0.1) is 5.82 Å². The first-order valence-electron chi connectivity index (χ1n) is 9.32. The van der Waals surface area contributed by atoms with Crippen LogP contribution in [0.15, 0.2) is 61.2 Å². The number of hydrogen-bond donors (Lipinski definition) is 0. The van der Waals surface area contributed by atoms with Gasteiger partial charge in [-0.1, -0.05) is 11.3 Å². The normalized spacial score (nSPS) is 11.7. The van der Waals surface area contributed by atoms with Crippen LogP contribution in [0.1, 0.15) is 22.3 Å². The average molecular weight is 448 g/mol. The van der Waals surface area contributed by atoms with Gasteiger partial charge in [-0.25, -0.2) is 14.4 Å². The molecular formula is C21H16F4N4OS. The van der Waals surface area contributed by atoms with Crippen LogP contribution in [0.25, 0.3) is 10.2 Å². The summed E-state index contributed by atoms with van der Waals surface area (Å²) in [7, 11) is 0. The van der Waals surface area contributed by atoms with Gasteiger partial charge in [0.2, 0.25) is 0 Å². The molecule has 160 valence electrons. The lowest BCUT2D eigenvalue weighted by Crippen LogP contribution is -2.32. The largest absolute Gasteiger partial charge is 0.416 e. The van der Waals surface area contributed by atoms with Gasteiger partial charge in [-0.05, 0) is 48.9 Å². The molecule has 2 heterocycles. The van der Waals surface area contributed by atoms with E-state index in [0.29, 0.717) is 28.3 Å². The number of benzene rings is 2. The van der Waals surface area contributed by atoms with E-state index in [1.165, 1.54) is 23.1 Å². The minimum Gasteiger partial charge on any atom is -0.337 e. The lowest BCUT2D eigenvalue weighted by molar-refractivity contribution is -0.137. The van der Waals surface area contributed by atoms with E-state index >= 15 is 0 Å². The molecule has 0 radical (unpaired) electrons. The zero-order chi connectivity index (χ0) is 22.0. The molecule has 0 fully saturated rings. The fraction of sp³-hybridized carbons (Fsp3) is 0.190. The molecule has 0 N–H and O–H groups in total. The Kier molecular flexibility index (Phi) is 5.73. The Morgan fingerprint density at radius 2 is 1.90 bits per heavy atom. The van der Waals surface area contributed by atoms with Crippen molar-refractivity contribution in [2.75, 3.05) is 11.4 Å². The highest BCUT2D eigenvalue weighted by Gasteiger charge is 2.30. The predicted molar refractivity (Wildman–Crippen MR) is 110 cm³/mol. The van der Waals surface area contributed by atoms with Crippen LogP contribution < -0.4 is 4.90 Å². The van der Waals surface area contributed by atoms with Crippen LogP contribution in [0.3, 0.4) is 0 Å². The molecule has 0 aliphatic heterocycles. The second-order valence-electron chi connectivity index (χ2n) is 6.79. The Morgan fingerprint density at radius 1 is 1.13 bits per heavy atom. The minimum atomic E-state index is -4.48. The Balaban J connectivity index is 1.62. The number of carbonyl (C=O) groups excluding carboxylic acids is 1. The molecular weight excluding hydrogens is 432 g/mol. The Bertz CT molecular complexity index is 1190. The van der Waals surface area contributed by atoms with Crippen molar-refractivity contribution >= 4 is 32.6 Å². The topological polar surface area (TPSA) is 51.0 Å². The van der Waals surface area contributed by atoms with Crippen LogP contribution in [-0.4, -0.2) is 27.0 Å². The van der Waals surface area contributed by atoms with E-state index in [-0.39, 0.29) is 12.1 Å². The van der Waals surface area contributed by atoms with E-state index in [0.717, 1.165) is 35.6 Å². The number of imidazole rings is 1. The summed E-state index contributed by atoms with van der Waals surface area (Å²) in [4.78, 5) is 23.0. The number of hydrogen-bond acceptors (Lipinski definition) is 4. The molecule has 0 aliphatic carbocycles. The lowest BCUT2D eigenvalue weighted by Gasteiger charge is -2.20. The predicted octanol–water partition coefficient (Wildman–Crippen LogP) is 5.39. The van der Waals surface area contributed by atoms with Gasteiger partial charge in [0.05, 0.1) is 22.1 Å². The third-order valence-corrected chi connectivity index (χ3v) is 5.67. The fourth-order valence-corrected chi connectivity index (χ4v) is 4.09. The van der Waals surface area contributed by atoms with Crippen molar-refractivity contribution < 1.29 is 22.4 Å². The fourth-order valence-electron chi connectivity index (χ4n) is 3.07. The number of carbonyl (C=O) groups is 1. The molecule has 5 nitrogen and oxygen atoms in total. The zero-order valence-electron chi connectivity index (χ0n) is 16.0. The standard InChI is InChI=1S/C21H16F4N4OS/c22-16-6-7-17-18(12-16)31-20(27-17)29(10-1-9-28-11-8-26-13-28)19(30)14-2-4-15(5-3-14)21(23,24)25/h2-8,11-13H,1,9-10H2. The summed E-state index contributed by atoms with van der Waals surface area (Å²) in [6.07, 6.45) is 1.17. The quantitative estimate of drug-likeness (QED) is 0.372. The summed E-state index contributed by atoms with van der Waals surface area (Å²) in [5.41, 5.74) is -0.173. The molecule has 0 spiro atoms. The molecule has 0 saturated carbocycles. The molecule has 0 aliphatic rings. The maximum Gasteiger partial charge on any atom is 0.416 e. The maximum absolute atomic E-state index is 13.6. The van der Waals surface area contributed by atoms with Crippen LogP contribution in [0.2, 0.25) is 0 Å². The molecule has 4 aromatic rings. The first-order chi connectivity index (χ1) is 14.8. The third-order valence-electron chi connectivity index (χ3n) is 4.63. The SMILES string of the molecule is O=C(c1ccc(C(F)(F)F)cc1)N(CCCn1ccnc1)c1nc2ccc(F)cc2s1. The second-order valence-corrected chi connectivity index (χ2v) is 7.80. The maximum atomic E-state index is 13.6. The van der Waals surface area contributed by atoms with Gasteiger partial charge in [0.25, 0.3) is 5.91 Å². The Hall–Kier alpha value is -3.27. The molecule has 10 heteroatoms. The zero-order valence-corrected chi connectivity index (χ0v) is 16.8. The summed E-state index contributed by atoms with van der Waals surface area (Å²) >= 11 is 1.15. The van der Waals surface area contributed by atoms with Gasteiger partial charge in [-0.3, -0.25) is 9.69 Å². The highest BCUT2D eigenvalue weighted by molar-refractivity contribution is 7.22. The molecule has 4 rings (SSSR count). The van der Waals surface area contributed by atoms with E-state index in [1.54, 1.807) is 18.7 Å². The second kappa shape index (κ2) is 8.46. The highest BCUT2D eigenvalue weighted by Crippen LogP contribution is 2.32. The first kappa shape index (κ1) is 21.0.